The molecule has 4 heterocycles. The number of piperidine rings is 1. The molecule has 1 aliphatic rings. The van der Waals surface area contributed by atoms with E-state index in [-0.39, 0.29) is 12.6 Å². The van der Waals surface area contributed by atoms with E-state index in [9.17, 15) is 4.79 Å². The van der Waals surface area contributed by atoms with Crippen LogP contribution in [0.2, 0.25) is 0 Å². The molecule has 0 aromatic carbocycles. The van der Waals surface area contributed by atoms with Crippen molar-refractivity contribution in [3.8, 4) is 6.07 Å². The number of carbonyl (C=O) groups excluding carboxylic acids is 1. The van der Waals surface area contributed by atoms with Crippen molar-refractivity contribution in [3.63, 3.8) is 0 Å². The summed E-state index contributed by atoms with van der Waals surface area (Å²) in [7, 11) is 1.56. The third kappa shape index (κ3) is 3.21. The van der Waals surface area contributed by atoms with Crippen molar-refractivity contribution >= 4 is 33.8 Å². The van der Waals surface area contributed by atoms with Crippen LogP contribution in [-0.2, 0) is 4.74 Å². The molecule has 1 aliphatic heterocycles. The Morgan fingerprint density at radius 1 is 1.41 bits per heavy atom. The van der Waals surface area contributed by atoms with Gasteiger partial charge in [0.25, 0.3) is 0 Å². The van der Waals surface area contributed by atoms with E-state index in [1.807, 2.05) is 18.3 Å². The van der Waals surface area contributed by atoms with E-state index < -0.39 is 6.09 Å². The first kappa shape index (κ1) is 17.0. The lowest BCUT2D eigenvalue weighted by atomic mass is 10.1. The smallest absolute Gasteiger partial charge is 0.410 e. The fourth-order valence-electron chi connectivity index (χ4n) is 3.37. The van der Waals surface area contributed by atoms with Crippen LogP contribution in [0, 0.1) is 11.3 Å². The van der Waals surface area contributed by atoms with Gasteiger partial charge in [0.1, 0.15) is 30.4 Å². The Bertz CT molecular complexity index is 1020. The number of pyridine rings is 1. The fourth-order valence-corrected chi connectivity index (χ4v) is 3.37. The second kappa shape index (κ2) is 7.07. The average Bonchev–Trinajstić information content (AvgIpc) is 3.17. The number of nitrogens with one attached hydrogen (secondary N) is 1. The maximum Gasteiger partial charge on any atom is 0.410 e. The van der Waals surface area contributed by atoms with Gasteiger partial charge in [0, 0.05) is 44.6 Å². The Kier molecular flexibility index (Phi) is 4.46. The maximum absolute atomic E-state index is 12.0. The normalized spacial score (nSPS) is 15.0. The molecule has 0 aliphatic carbocycles. The van der Waals surface area contributed by atoms with Crippen LogP contribution >= 0.6 is 0 Å². The summed E-state index contributed by atoms with van der Waals surface area (Å²) in [5.74, 6) is 0.873. The van der Waals surface area contributed by atoms with Crippen LogP contribution in [0.3, 0.4) is 0 Å². The third-order valence-corrected chi connectivity index (χ3v) is 4.80. The summed E-state index contributed by atoms with van der Waals surface area (Å²) in [6.45, 7) is 1.46. The number of aromatic nitrogens is 4. The molecule has 138 valence electrons. The van der Waals surface area contributed by atoms with E-state index >= 15 is 0 Å². The molecule has 0 spiro atoms. The van der Waals surface area contributed by atoms with Crippen molar-refractivity contribution in [2.75, 3.05) is 31.6 Å². The summed E-state index contributed by atoms with van der Waals surface area (Å²) in [4.78, 5) is 31.8. The number of rotatable bonds is 3. The molecule has 0 bridgehead atoms. The van der Waals surface area contributed by atoms with Gasteiger partial charge in [-0.3, -0.25) is 4.90 Å². The second-order valence-corrected chi connectivity index (χ2v) is 6.54. The van der Waals surface area contributed by atoms with E-state index in [1.54, 1.807) is 19.6 Å². The average molecular weight is 365 g/mol. The Morgan fingerprint density at radius 3 is 3.00 bits per heavy atom. The van der Waals surface area contributed by atoms with Gasteiger partial charge in [0.05, 0.1) is 23.2 Å². The highest BCUT2D eigenvalue weighted by atomic mass is 16.6. The number of hydrogen-bond acceptors (Lipinski definition) is 7. The maximum atomic E-state index is 12.0. The van der Waals surface area contributed by atoms with Crippen LogP contribution in [-0.4, -0.2) is 63.7 Å². The second-order valence-electron chi connectivity index (χ2n) is 6.54. The highest BCUT2D eigenvalue weighted by Crippen LogP contribution is 2.31. The van der Waals surface area contributed by atoms with E-state index in [0.717, 1.165) is 40.8 Å². The van der Waals surface area contributed by atoms with Crippen molar-refractivity contribution in [2.24, 2.45) is 0 Å². The largest absolute Gasteiger partial charge is 0.446 e. The van der Waals surface area contributed by atoms with Crippen molar-refractivity contribution in [2.45, 2.75) is 18.9 Å². The molecule has 0 saturated carbocycles. The van der Waals surface area contributed by atoms with Crippen LogP contribution in [0.15, 0.2) is 24.8 Å². The summed E-state index contributed by atoms with van der Waals surface area (Å²) in [6, 6.07) is 3.92. The highest BCUT2D eigenvalue weighted by Gasteiger charge is 2.26. The molecule has 1 fully saturated rings. The van der Waals surface area contributed by atoms with E-state index in [0.29, 0.717) is 12.8 Å². The monoisotopic (exact) mass is 365 g/mol. The summed E-state index contributed by atoms with van der Waals surface area (Å²) in [5.41, 5.74) is 1.61. The number of amides is 1. The molecular weight excluding hydrogens is 346 g/mol. The molecule has 3 aromatic heterocycles. The topological polar surface area (TPSA) is 111 Å². The highest BCUT2D eigenvalue weighted by molar-refractivity contribution is 6.08. The van der Waals surface area contributed by atoms with E-state index in [4.69, 9.17) is 10.00 Å². The van der Waals surface area contributed by atoms with Gasteiger partial charge in [0.2, 0.25) is 0 Å². The minimum Gasteiger partial charge on any atom is -0.446 e. The van der Waals surface area contributed by atoms with Crippen LogP contribution in [0.4, 0.5) is 10.6 Å². The van der Waals surface area contributed by atoms with Gasteiger partial charge in [-0.25, -0.2) is 19.7 Å². The first-order chi connectivity index (χ1) is 13.2. The molecule has 1 saturated heterocycles. The molecule has 1 N–H and O–H groups in total. The molecular formula is C18H19N7O2. The van der Waals surface area contributed by atoms with Crippen molar-refractivity contribution < 1.29 is 9.53 Å². The van der Waals surface area contributed by atoms with E-state index in [1.165, 1.54) is 4.90 Å². The van der Waals surface area contributed by atoms with Crippen molar-refractivity contribution in [3.05, 3.63) is 24.8 Å². The number of fused-ring (bicyclic) bond motifs is 3. The Balaban J connectivity index is 1.51. The molecule has 3 aromatic rings. The standard InChI is InChI=1S/C18H19N7O2/c1-24(9-5-19)18(26)27-12-3-7-25(8-4-12)17-15-13-2-6-20-16(13)21-10-14(15)22-11-23-17/h2,6,10-12H,3-4,7-9H2,1H3,(H,20,21). The Hall–Kier alpha value is -3.41. The molecule has 0 radical (unpaired) electrons. The van der Waals surface area contributed by atoms with Gasteiger partial charge in [0.15, 0.2) is 0 Å². The van der Waals surface area contributed by atoms with Crippen LogP contribution in [0.1, 0.15) is 12.8 Å². The lowest BCUT2D eigenvalue weighted by molar-refractivity contribution is 0.0601. The van der Waals surface area contributed by atoms with Gasteiger partial charge < -0.3 is 14.6 Å². The minimum absolute atomic E-state index is 0.0191. The zero-order chi connectivity index (χ0) is 18.8. The predicted molar refractivity (Wildman–Crippen MR) is 99.1 cm³/mol. The number of nitriles is 1. The van der Waals surface area contributed by atoms with Gasteiger partial charge in [-0.2, -0.15) is 5.26 Å². The third-order valence-electron chi connectivity index (χ3n) is 4.80. The number of ether oxygens (including phenoxy) is 1. The fraction of sp³-hybridized carbons (Fsp3) is 0.389. The lowest BCUT2D eigenvalue weighted by Crippen LogP contribution is -2.40. The quantitative estimate of drug-likeness (QED) is 0.707. The van der Waals surface area contributed by atoms with E-state index in [2.05, 4.69) is 24.8 Å². The van der Waals surface area contributed by atoms with Gasteiger partial charge in [-0.05, 0) is 6.07 Å². The minimum atomic E-state index is -0.456. The number of carbonyl (C=O) groups is 1. The number of H-pyrrole nitrogens is 1. The predicted octanol–water partition coefficient (Wildman–Crippen LogP) is 2.07. The summed E-state index contributed by atoms with van der Waals surface area (Å²) in [6.07, 6.45) is 5.97. The van der Waals surface area contributed by atoms with Crippen LogP contribution < -0.4 is 4.90 Å². The van der Waals surface area contributed by atoms with Gasteiger partial charge in [-0.15, -0.1) is 0 Å². The Labute approximate surface area is 155 Å². The number of anilines is 1. The molecule has 0 atom stereocenters. The molecule has 1 amide bonds. The van der Waals surface area contributed by atoms with Gasteiger partial charge >= 0.3 is 6.09 Å². The SMILES string of the molecule is CN(CC#N)C(=O)OC1CCN(c2ncnc3cnc4[nH]ccc4c23)CC1. The number of hydrogen-bond donors (Lipinski definition) is 1. The zero-order valence-corrected chi connectivity index (χ0v) is 14.9. The molecule has 9 heteroatoms. The Morgan fingerprint density at radius 2 is 2.22 bits per heavy atom. The molecule has 4 rings (SSSR count). The summed E-state index contributed by atoms with van der Waals surface area (Å²) >= 11 is 0. The van der Waals surface area contributed by atoms with Crippen LogP contribution in [0.25, 0.3) is 21.9 Å². The number of aromatic amines is 1. The summed E-state index contributed by atoms with van der Waals surface area (Å²) < 4.78 is 5.50. The number of nitrogens with zero attached hydrogens (tertiary/aromatic N) is 6. The first-order valence-electron chi connectivity index (χ1n) is 8.78. The first-order valence-corrected chi connectivity index (χ1v) is 8.78. The zero-order valence-electron chi connectivity index (χ0n) is 14.9. The van der Waals surface area contributed by atoms with Crippen molar-refractivity contribution in [1.29, 1.82) is 5.26 Å². The summed E-state index contributed by atoms with van der Waals surface area (Å²) in [5, 5.41) is 10.6. The van der Waals surface area contributed by atoms with Crippen LogP contribution in [0.5, 0.6) is 0 Å². The lowest BCUT2D eigenvalue weighted by Gasteiger charge is -2.33. The molecule has 0 unspecified atom stereocenters. The molecule has 9 nitrogen and oxygen atoms in total. The van der Waals surface area contributed by atoms with Crippen molar-refractivity contribution in [1.82, 2.24) is 24.8 Å². The molecule has 27 heavy (non-hydrogen) atoms. The van der Waals surface area contributed by atoms with Gasteiger partial charge in [-0.1, -0.05) is 0 Å².